The van der Waals surface area contributed by atoms with Gasteiger partial charge in [-0.15, -0.1) is 0 Å². The summed E-state index contributed by atoms with van der Waals surface area (Å²) >= 11 is 0. The van der Waals surface area contributed by atoms with Gasteiger partial charge in [-0.25, -0.2) is 0 Å². The van der Waals surface area contributed by atoms with Crippen LogP contribution < -0.4 is 14.4 Å². The molecule has 0 aliphatic carbocycles. The number of benzene rings is 3. The zero-order chi connectivity index (χ0) is 19.3. The first kappa shape index (κ1) is 18.6. The van der Waals surface area contributed by atoms with Crippen LogP contribution in [0.1, 0.15) is 0 Å². The lowest BCUT2D eigenvalue weighted by Crippen LogP contribution is -2.52. The Morgan fingerprint density at radius 3 is 2.36 bits per heavy atom. The summed E-state index contributed by atoms with van der Waals surface area (Å²) in [4.78, 5) is 4.37. The first-order valence-corrected chi connectivity index (χ1v) is 9.67. The molecule has 0 aromatic heterocycles. The largest absolute Gasteiger partial charge is 0.495 e. The highest BCUT2D eigenvalue weighted by Gasteiger charge is 2.24. The van der Waals surface area contributed by atoms with Crippen LogP contribution >= 0.6 is 0 Å². The van der Waals surface area contributed by atoms with Crippen LogP contribution in [0.4, 0.5) is 5.69 Å². The molecule has 0 saturated carbocycles. The lowest BCUT2D eigenvalue weighted by Gasteiger charge is -2.38. The van der Waals surface area contributed by atoms with Gasteiger partial charge in [0, 0.05) is 31.6 Å². The molecule has 4 rings (SSSR count). The fourth-order valence-corrected chi connectivity index (χ4v) is 3.74. The van der Waals surface area contributed by atoms with E-state index in [4.69, 9.17) is 9.47 Å². The van der Waals surface area contributed by atoms with E-state index in [0.717, 1.165) is 54.1 Å². The Labute approximate surface area is 165 Å². The number of hydrogen-bond acceptors (Lipinski definition) is 5. The van der Waals surface area contributed by atoms with E-state index in [1.165, 1.54) is 0 Å². The van der Waals surface area contributed by atoms with Crippen molar-refractivity contribution in [3.05, 3.63) is 66.7 Å². The zero-order valence-corrected chi connectivity index (χ0v) is 16.1. The summed E-state index contributed by atoms with van der Waals surface area (Å²) in [6, 6.07) is 22.2. The highest BCUT2D eigenvalue weighted by Crippen LogP contribution is 2.29. The molecular weight excluding hydrogens is 352 g/mol. The number of methoxy groups -OCH3 is 1. The molecule has 1 aliphatic heterocycles. The van der Waals surface area contributed by atoms with Crippen LogP contribution in [-0.2, 0) is 0 Å². The van der Waals surface area contributed by atoms with Crippen molar-refractivity contribution < 1.29 is 14.6 Å². The molecule has 0 spiro atoms. The second-order valence-corrected chi connectivity index (χ2v) is 6.96. The van der Waals surface area contributed by atoms with E-state index >= 15 is 0 Å². The minimum absolute atomic E-state index is 0.253. The molecule has 5 nitrogen and oxygen atoms in total. The maximum Gasteiger partial charge on any atom is 0.142 e. The van der Waals surface area contributed by atoms with Gasteiger partial charge in [0.05, 0.1) is 12.8 Å². The second kappa shape index (κ2) is 8.50. The molecule has 146 valence electrons. The van der Waals surface area contributed by atoms with E-state index in [9.17, 15) is 5.11 Å². The van der Waals surface area contributed by atoms with E-state index in [1.807, 2.05) is 48.5 Å². The molecule has 1 aliphatic rings. The van der Waals surface area contributed by atoms with Crippen LogP contribution in [0, 0.1) is 0 Å². The third kappa shape index (κ3) is 3.91. The summed E-state index contributed by atoms with van der Waals surface area (Å²) < 4.78 is 11.4. The van der Waals surface area contributed by atoms with Gasteiger partial charge < -0.3 is 19.5 Å². The molecule has 0 radical (unpaired) electrons. The third-order valence-corrected chi connectivity index (χ3v) is 5.30. The highest BCUT2D eigenvalue weighted by molar-refractivity contribution is 5.88. The Hall–Kier alpha value is -2.76. The van der Waals surface area contributed by atoms with E-state index < -0.39 is 6.23 Å². The van der Waals surface area contributed by atoms with Crippen LogP contribution in [0.2, 0.25) is 0 Å². The van der Waals surface area contributed by atoms with Crippen LogP contribution in [0.5, 0.6) is 11.5 Å². The number of hydrogen-bond donors (Lipinski definition) is 1. The van der Waals surface area contributed by atoms with Crippen molar-refractivity contribution in [3.63, 3.8) is 0 Å². The molecule has 1 atom stereocenters. The van der Waals surface area contributed by atoms with Gasteiger partial charge in [0.15, 0.2) is 0 Å². The third-order valence-electron chi connectivity index (χ3n) is 5.30. The molecule has 28 heavy (non-hydrogen) atoms. The fourth-order valence-electron chi connectivity index (χ4n) is 3.74. The highest BCUT2D eigenvalue weighted by atomic mass is 16.5. The molecule has 1 saturated heterocycles. The van der Waals surface area contributed by atoms with E-state index in [-0.39, 0.29) is 6.61 Å². The van der Waals surface area contributed by atoms with Crippen LogP contribution in [0.25, 0.3) is 10.8 Å². The van der Waals surface area contributed by atoms with Crippen molar-refractivity contribution in [1.29, 1.82) is 0 Å². The van der Waals surface area contributed by atoms with Crippen molar-refractivity contribution in [1.82, 2.24) is 4.90 Å². The predicted octanol–water partition coefficient (Wildman–Crippen LogP) is 3.37. The average Bonchev–Trinajstić information content (AvgIpc) is 2.77. The summed E-state index contributed by atoms with van der Waals surface area (Å²) in [5, 5.41) is 12.8. The number of rotatable bonds is 6. The van der Waals surface area contributed by atoms with Gasteiger partial charge in [0.25, 0.3) is 0 Å². The molecule has 1 unspecified atom stereocenters. The van der Waals surface area contributed by atoms with Crippen molar-refractivity contribution in [2.24, 2.45) is 0 Å². The molecule has 0 bridgehead atoms. The Morgan fingerprint density at radius 2 is 1.54 bits per heavy atom. The van der Waals surface area contributed by atoms with Gasteiger partial charge in [0.2, 0.25) is 0 Å². The maximum atomic E-state index is 10.6. The molecular formula is C23H26N2O3. The van der Waals surface area contributed by atoms with E-state index in [0.29, 0.717) is 0 Å². The lowest BCUT2D eigenvalue weighted by molar-refractivity contribution is -0.0298. The Kier molecular flexibility index (Phi) is 5.65. The quantitative estimate of drug-likeness (QED) is 0.713. The Bertz CT molecular complexity index is 917. The van der Waals surface area contributed by atoms with Crippen molar-refractivity contribution in [3.8, 4) is 11.5 Å². The first-order chi connectivity index (χ1) is 13.8. The smallest absolute Gasteiger partial charge is 0.142 e. The van der Waals surface area contributed by atoms with E-state index in [2.05, 4.69) is 28.0 Å². The number of para-hydroxylation sites is 2. The second-order valence-electron chi connectivity index (χ2n) is 6.96. The number of ether oxygens (including phenoxy) is 2. The van der Waals surface area contributed by atoms with Gasteiger partial charge >= 0.3 is 0 Å². The Balaban J connectivity index is 1.35. The van der Waals surface area contributed by atoms with Crippen molar-refractivity contribution >= 4 is 16.5 Å². The summed E-state index contributed by atoms with van der Waals surface area (Å²) in [7, 11) is 1.70. The van der Waals surface area contributed by atoms with Gasteiger partial charge in [-0.05, 0) is 23.6 Å². The van der Waals surface area contributed by atoms with E-state index in [1.54, 1.807) is 7.11 Å². The zero-order valence-electron chi connectivity index (χ0n) is 16.1. The molecule has 3 aromatic carbocycles. The number of nitrogens with zero attached hydrogens (tertiary/aromatic N) is 2. The monoisotopic (exact) mass is 378 g/mol. The topological polar surface area (TPSA) is 45.2 Å². The number of piperazine rings is 1. The minimum atomic E-state index is -0.626. The summed E-state index contributed by atoms with van der Waals surface area (Å²) in [6.07, 6.45) is -0.626. The van der Waals surface area contributed by atoms with Crippen LogP contribution in [0.3, 0.4) is 0 Å². The number of aliphatic hydroxyl groups is 1. The average molecular weight is 378 g/mol. The van der Waals surface area contributed by atoms with Gasteiger partial charge in [0.1, 0.15) is 24.3 Å². The van der Waals surface area contributed by atoms with Gasteiger partial charge in [-0.1, -0.05) is 48.5 Å². The van der Waals surface area contributed by atoms with Gasteiger partial charge in [-0.2, -0.15) is 0 Å². The standard InChI is InChI=1S/C23H26N2O3/c1-27-22-11-5-4-10-20(22)24-13-15-25(16-14-24)23(26)17-28-21-12-6-8-18-7-2-3-9-19(18)21/h2-12,23,26H,13-17H2,1H3. The molecule has 1 heterocycles. The normalized spacial score (nSPS) is 16.1. The summed E-state index contributed by atoms with van der Waals surface area (Å²) in [6.45, 7) is 3.48. The molecule has 0 amide bonds. The molecule has 3 aromatic rings. The molecule has 5 heteroatoms. The van der Waals surface area contributed by atoms with Crippen molar-refractivity contribution in [2.75, 3.05) is 44.8 Å². The van der Waals surface area contributed by atoms with Crippen molar-refractivity contribution in [2.45, 2.75) is 6.23 Å². The lowest BCUT2D eigenvalue weighted by atomic mass is 10.1. The minimum Gasteiger partial charge on any atom is -0.495 e. The molecule has 1 N–H and O–H groups in total. The fraction of sp³-hybridized carbons (Fsp3) is 0.304. The van der Waals surface area contributed by atoms with Gasteiger partial charge in [-0.3, -0.25) is 4.90 Å². The Morgan fingerprint density at radius 1 is 0.857 bits per heavy atom. The summed E-state index contributed by atoms with van der Waals surface area (Å²) in [5.74, 6) is 1.69. The number of fused-ring (bicyclic) bond motifs is 1. The van der Waals surface area contributed by atoms with Crippen LogP contribution in [0.15, 0.2) is 66.7 Å². The SMILES string of the molecule is COc1ccccc1N1CCN(C(O)COc2cccc3ccccc23)CC1. The van der Waals surface area contributed by atoms with Crippen LogP contribution in [-0.4, -0.2) is 56.1 Å². The predicted molar refractivity (Wildman–Crippen MR) is 112 cm³/mol. The number of aliphatic hydroxyl groups excluding tert-OH is 1. The molecule has 1 fully saturated rings. The first-order valence-electron chi connectivity index (χ1n) is 9.67. The maximum absolute atomic E-state index is 10.6. The number of anilines is 1. The summed E-state index contributed by atoms with van der Waals surface area (Å²) in [5.41, 5.74) is 1.10.